The van der Waals surface area contributed by atoms with E-state index in [-0.39, 0.29) is 164 Å². The molecule has 22 nitrogen and oxygen atoms in total. The average molecular weight is 1250 g/mol. The largest absolute Gasteiger partial charge is 0.481 e. The number of nitrogens with two attached hydrogens (primary N) is 1. The van der Waals surface area contributed by atoms with Gasteiger partial charge in [-0.15, -0.1) is 0 Å². The highest BCUT2D eigenvalue weighted by Gasteiger charge is 2.45. The fraction of sp³-hybridized carbons (Fsp3) is 0.730. The Morgan fingerprint density at radius 1 is 0.388 bits per heavy atom. The summed E-state index contributed by atoms with van der Waals surface area (Å²) in [5.74, 6) is -20.1. The van der Waals surface area contributed by atoms with Crippen LogP contribution in [0.3, 0.4) is 0 Å². The van der Waals surface area contributed by atoms with Crippen molar-refractivity contribution in [2.24, 2.45) is 64.4 Å². The lowest BCUT2D eigenvalue weighted by molar-refractivity contribution is -0.166. The average Bonchev–Trinajstić information content (AvgIpc) is 3.24. The molecule has 10 unspecified atom stereocenters. The number of benzene rings is 1. The number of carbonyl (C=O) groups is 11. The lowest BCUT2D eigenvalue weighted by atomic mass is 9.77. The van der Waals surface area contributed by atoms with Crippen molar-refractivity contribution >= 4 is 65.6 Å². The summed E-state index contributed by atoms with van der Waals surface area (Å²) in [6.45, 7) is 15.6. The van der Waals surface area contributed by atoms with Gasteiger partial charge in [0, 0.05) is 5.92 Å². The molecule has 1 aromatic carbocycles. The van der Waals surface area contributed by atoms with Gasteiger partial charge in [0.25, 0.3) is 0 Å². The summed E-state index contributed by atoms with van der Waals surface area (Å²) < 4.78 is 0. The second-order valence-electron chi connectivity index (χ2n) is 16.0. The van der Waals surface area contributed by atoms with Gasteiger partial charge in [0.2, 0.25) is 5.91 Å². The third-order valence-electron chi connectivity index (χ3n) is 11.2. The number of hydrogen-bond acceptors (Lipinski definition) is 11. The van der Waals surface area contributed by atoms with Gasteiger partial charge in [0.05, 0.1) is 47.3 Å². The number of carboxylic acid groups (broad SMARTS) is 10. The minimum Gasteiger partial charge on any atom is -0.481 e. The fourth-order valence-electron chi connectivity index (χ4n) is 6.08. The van der Waals surface area contributed by atoms with Crippen molar-refractivity contribution in [2.75, 3.05) is 0 Å². The van der Waals surface area contributed by atoms with Crippen molar-refractivity contribution in [1.29, 1.82) is 0 Å². The van der Waals surface area contributed by atoms with Gasteiger partial charge in [-0.2, -0.15) is 0 Å². The minimum absolute atomic E-state index is 0. The van der Waals surface area contributed by atoms with Crippen LogP contribution in [0.1, 0.15) is 259 Å². The van der Waals surface area contributed by atoms with Crippen LogP contribution in [0.2, 0.25) is 0 Å². The topological polar surface area (TPSA) is 416 Å². The summed E-state index contributed by atoms with van der Waals surface area (Å²) >= 11 is 0. The molecule has 526 valence electrons. The summed E-state index contributed by atoms with van der Waals surface area (Å²) in [7, 11) is 0. The third-order valence-corrected chi connectivity index (χ3v) is 11.2. The van der Waals surface area contributed by atoms with Crippen LogP contribution in [0.5, 0.6) is 0 Å². The molecule has 1 rings (SSSR count). The fourth-order valence-corrected chi connectivity index (χ4v) is 6.08. The number of carbonyl (C=O) groups excluding carboxylic acids is 1. The van der Waals surface area contributed by atoms with Crippen LogP contribution in [0.25, 0.3) is 0 Å². The molecule has 22 heteroatoms. The zero-order valence-electron chi connectivity index (χ0n) is 39.7. The number of hydrogen-bond donors (Lipinski definition) is 11. The number of primary amides is 1. The van der Waals surface area contributed by atoms with Gasteiger partial charge in [-0.25, -0.2) is 0 Å². The predicted molar refractivity (Wildman–Crippen MR) is 359 cm³/mol. The van der Waals surface area contributed by atoms with Crippen LogP contribution in [-0.4, -0.2) is 117 Å². The Hall–Kier alpha value is -6.61. The van der Waals surface area contributed by atoms with E-state index < -0.39 is 119 Å². The Kier molecular flexibility index (Phi) is 131. The Labute approximate surface area is 521 Å². The van der Waals surface area contributed by atoms with Crippen LogP contribution in [0.15, 0.2) is 30.3 Å². The molecule has 0 spiro atoms. The molecule has 0 heterocycles. The molecule has 0 saturated carbocycles. The maximum Gasteiger partial charge on any atom is 0.320 e. The SMILES string of the molecule is C.C.C.C.C.C.C.C.C.C.C.C.C.C.C.C.C.C.CCC(C(=O)O)C(C(=O)O)C(C)C(=O)O.CCC(C)C(=O)O.CCC(CC(C)(C(=O)O)C(=O)O)C(=O)O.CCC(CC(C)C(N)=O)C(=O)O.CCC(c1ccccc1)C(C(=O)O)C(C)C(=O)O. The molecule has 1 aromatic rings. The first-order chi connectivity index (χ1) is 30.7. The number of aliphatic carboxylic acids is 10. The van der Waals surface area contributed by atoms with E-state index in [1.807, 2.05) is 44.2 Å². The van der Waals surface area contributed by atoms with Gasteiger partial charge in [-0.3, -0.25) is 52.7 Å². The minimum atomic E-state index is -2.04. The van der Waals surface area contributed by atoms with E-state index in [1.165, 1.54) is 20.8 Å². The predicted octanol–water partition coefficient (Wildman–Crippen LogP) is 17.0. The Bertz CT molecular complexity index is 1780. The lowest BCUT2D eigenvalue weighted by Gasteiger charge is -2.26. The summed E-state index contributed by atoms with van der Waals surface area (Å²) in [6, 6.07) is 9.22. The molecule has 0 fully saturated rings. The molecule has 0 aromatic heterocycles. The van der Waals surface area contributed by atoms with E-state index in [0.717, 1.165) is 18.9 Å². The first-order valence-corrected chi connectivity index (χ1v) is 21.4. The molecule has 1 amide bonds. The highest BCUT2D eigenvalue weighted by molar-refractivity contribution is 5.98. The highest BCUT2D eigenvalue weighted by Crippen LogP contribution is 2.34. The van der Waals surface area contributed by atoms with Gasteiger partial charge in [-0.05, 0) is 63.4 Å². The molecular weight excluding hydrogens is 1110 g/mol. The van der Waals surface area contributed by atoms with Crippen molar-refractivity contribution in [3.8, 4) is 0 Å². The quantitative estimate of drug-likeness (QED) is 0.0405. The monoisotopic (exact) mass is 1250 g/mol. The summed E-state index contributed by atoms with van der Waals surface area (Å²) in [4.78, 5) is 118. The van der Waals surface area contributed by atoms with Gasteiger partial charge >= 0.3 is 59.7 Å². The maximum absolute atomic E-state index is 11.4. The van der Waals surface area contributed by atoms with E-state index in [1.54, 1.807) is 27.7 Å². The molecule has 0 saturated heterocycles. The smallest absolute Gasteiger partial charge is 0.320 e. The maximum atomic E-state index is 11.4. The summed E-state index contributed by atoms with van der Waals surface area (Å²) in [5, 5.41) is 87.6. The van der Waals surface area contributed by atoms with Crippen molar-refractivity contribution in [2.45, 2.75) is 254 Å². The normalized spacial score (nSPS) is 11.8. The van der Waals surface area contributed by atoms with Crippen LogP contribution in [0.4, 0.5) is 0 Å². The molecule has 0 bridgehead atoms. The van der Waals surface area contributed by atoms with Crippen molar-refractivity contribution in [3.05, 3.63) is 35.9 Å². The lowest BCUT2D eigenvalue weighted by Crippen LogP contribution is -2.39. The zero-order valence-corrected chi connectivity index (χ0v) is 39.7. The van der Waals surface area contributed by atoms with Crippen LogP contribution >= 0.6 is 0 Å². The van der Waals surface area contributed by atoms with E-state index in [4.69, 9.17) is 51.7 Å². The zero-order chi connectivity index (χ0) is 53.7. The van der Waals surface area contributed by atoms with Crippen LogP contribution < -0.4 is 5.73 Å². The summed E-state index contributed by atoms with van der Waals surface area (Å²) in [5.41, 5.74) is 3.84. The number of rotatable bonds is 25. The Morgan fingerprint density at radius 3 is 0.894 bits per heavy atom. The van der Waals surface area contributed by atoms with E-state index >= 15 is 0 Å². The van der Waals surface area contributed by atoms with E-state index in [2.05, 4.69) is 0 Å². The van der Waals surface area contributed by atoms with Crippen molar-refractivity contribution < 1.29 is 104 Å². The molecule has 0 aliphatic rings. The second kappa shape index (κ2) is 75.4. The van der Waals surface area contributed by atoms with Crippen molar-refractivity contribution in [3.63, 3.8) is 0 Å². The van der Waals surface area contributed by atoms with E-state index in [0.29, 0.717) is 19.3 Å². The van der Waals surface area contributed by atoms with Gasteiger partial charge in [-0.1, -0.05) is 226 Å². The van der Waals surface area contributed by atoms with Gasteiger partial charge in [0.1, 0.15) is 0 Å². The first kappa shape index (κ1) is 148. The molecule has 0 radical (unpaired) electrons. The molecule has 10 atom stereocenters. The number of carboxylic acids is 10. The van der Waals surface area contributed by atoms with Gasteiger partial charge in [0.15, 0.2) is 5.41 Å². The molecule has 85 heavy (non-hydrogen) atoms. The van der Waals surface area contributed by atoms with E-state index in [9.17, 15) is 57.8 Å². The standard InChI is InChI=1S/C14H18O4.2C9H14O6.C8H15NO3.C5H10O2.18CH4/c1-3-11(10-7-5-4-6-8-10)12(14(17)18)9(2)13(15)16;1-3-5(6(10)11)4-9(2,7(12)13)8(14)15;1-3-5(8(12)13)6(9(14)15)4(2)7(10)11;1-3-6(8(11)12)4-5(2)7(9)10;1-3-4(2)5(6)7;;;;;;;;;;;;;;;;;;/h4-9,11-12H,3H2,1-2H3,(H,15,16)(H,17,18);5H,3-4H2,1-2H3,(H,10,11)(H,12,13)(H,14,15);4-6H,3H2,1-2H3,(H,10,11)(H,12,13)(H,14,15);5-6H,3-4H2,1-2H3,(H2,9,10)(H,11,12);4H,3H2,1-2H3,(H,6,7);18*1H4. The van der Waals surface area contributed by atoms with Gasteiger partial charge < -0.3 is 56.8 Å². The third kappa shape index (κ3) is 56.3. The Balaban J connectivity index is -0.0000000282. The molecule has 0 aliphatic heterocycles. The van der Waals surface area contributed by atoms with Crippen molar-refractivity contribution in [1.82, 2.24) is 0 Å². The summed E-state index contributed by atoms with van der Waals surface area (Å²) in [6.07, 6.45) is 2.06. The number of amides is 1. The molecular formula is C63H143NO21. The van der Waals surface area contributed by atoms with Crippen LogP contribution in [0, 0.1) is 58.7 Å². The first-order valence-electron chi connectivity index (χ1n) is 21.4. The molecule has 0 aliphatic carbocycles. The highest BCUT2D eigenvalue weighted by atomic mass is 16.4. The Morgan fingerprint density at radius 2 is 0.706 bits per heavy atom. The van der Waals surface area contributed by atoms with Crippen LogP contribution in [-0.2, 0) is 52.7 Å². The molecule has 12 N–H and O–H groups in total. The second-order valence-corrected chi connectivity index (χ2v) is 16.0.